The SMILES string of the molecule is CC(C)(C)c1ccc2c(c1)c1cc(C(C)(C)C)cc3c1n2-c1c2c(cc4nc5c6ccccc6c6cnccc6c5nc14)-n1c4ccc5c6ccccc6c6ccccc6c5c4c4cccc(c41)B23. The molecule has 0 atom stereocenters. The minimum atomic E-state index is -0.0887. The fourth-order valence-electron chi connectivity index (χ4n) is 13.1. The van der Waals surface area contributed by atoms with Crippen LogP contribution in [-0.2, 0) is 10.8 Å². The molecule has 2 aliphatic heterocycles. The standard InChI is InChI=1S/C63H44BN5/c1-62(2,3)33-22-24-50-44(28-33)45-29-34(63(4,5)6)30-48-60(45)69(50)61-55-52(31-49-58(61)67-57-42-26-27-65-32-46(42)38-17-10-12-19-41(38)56(57)66-49)68-51-25-23-40-37-16-8-7-14-35(37)36-15-9-11-18-39(36)53(40)54(51)43-20-13-21-47(59(43)68)64(48)55/h7-32H,1-6H3. The van der Waals surface area contributed by atoms with E-state index in [1.54, 1.807) is 0 Å². The number of hydrogen-bond acceptors (Lipinski definition) is 3. The van der Waals surface area contributed by atoms with Crippen LogP contribution in [0.4, 0.5) is 0 Å². The van der Waals surface area contributed by atoms with Crippen LogP contribution in [0.15, 0.2) is 158 Å². The molecule has 0 saturated carbocycles. The third kappa shape index (κ3) is 4.65. The molecule has 0 radical (unpaired) electrons. The van der Waals surface area contributed by atoms with Crippen molar-refractivity contribution in [1.29, 1.82) is 0 Å². The Hall–Kier alpha value is -8.09. The highest BCUT2D eigenvalue weighted by Gasteiger charge is 2.43. The molecule has 324 valence electrons. The van der Waals surface area contributed by atoms with Crippen LogP contribution in [0, 0.1) is 0 Å². The second-order valence-electron chi connectivity index (χ2n) is 21.9. The van der Waals surface area contributed by atoms with E-state index in [1.807, 2.05) is 12.4 Å². The van der Waals surface area contributed by atoms with Gasteiger partial charge in [-0.2, -0.15) is 0 Å². The summed E-state index contributed by atoms with van der Waals surface area (Å²) >= 11 is 0. The fraction of sp³-hybridized carbons (Fsp3) is 0.127. The normalized spacial score (nSPS) is 13.6. The van der Waals surface area contributed by atoms with Gasteiger partial charge in [-0.3, -0.25) is 4.98 Å². The van der Waals surface area contributed by atoms with E-state index in [0.29, 0.717) is 0 Å². The number of benzene rings is 10. The van der Waals surface area contributed by atoms with Crippen molar-refractivity contribution in [2.75, 3.05) is 0 Å². The smallest absolute Gasteiger partial charge is 0.252 e. The van der Waals surface area contributed by atoms with Crippen molar-refractivity contribution in [2.24, 2.45) is 0 Å². The molecule has 16 rings (SSSR count). The van der Waals surface area contributed by atoms with E-state index in [2.05, 4.69) is 201 Å². The first-order valence-corrected chi connectivity index (χ1v) is 24.4. The molecule has 69 heavy (non-hydrogen) atoms. The zero-order chi connectivity index (χ0) is 46.0. The highest BCUT2D eigenvalue weighted by Crippen LogP contribution is 2.47. The lowest BCUT2D eigenvalue weighted by molar-refractivity contribution is 0.590. The van der Waals surface area contributed by atoms with Gasteiger partial charge in [0.2, 0.25) is 0 Å². The molecule has 4 aromatic heterocycles. The van der Waals surface area contributed by atoms with Crippen LogP contribution in [0.2, 0.25) is 0 Å². The van der Waals surface area contributed by atoms with Gasteiger partial charge in [0.15, 0.2) is 0 Å². The van der Waals surface area contributed by atoms with Gasteiger partial charge in [-0.25, -0.2) is 9.97 Å². The second-order valence-corrected chi connectivity index (χ2v) is 21.9. The summed E-state index contributed by atoms with van der Waals surface area (Å²) < 4.78 is 5.20. The summed E-state index contributed by atoms with van der Waals surface area (Å²) in [4.78, 5) is 16.3. The van der Waals surface area contributed by atoms with E-state index in [0.717, 1.165) is 49.3 Å². The van der Waals surface area contributed by atoms with Crippen LogP contribution < -0.4 is 16.4 Å². The Labute approximate surface area is 397 Å². The number of fused-ring (bicyclic) bond motifs is 25. The number of rotatable bonds is 0. The predicted molar refractivity (Wildman–Crippen MR) is 293 cm³/mol. The van der Waals surface area contributed by atoms with Crippen molar-refractivity contribution in [3.05, 3.63) is 169 Å². The molecule has 10 aromatic carbocycles. The van der Waals surface area contributed by atoms with Gasteiger partial charge in [-0.05, 0) is 107 Å². The highest BCUT2D eigenvalue weighted by atomic mass is 15.1. The van der Waals surface area contributed by atoms with E-state index >= 15 is 0 Å². The van der Waals surface area contributed by atoms with Crippen LogP contribution in [-0.4, -0.2) is 30.8 Å². The first kappa shape index (κ1) is 37.9. The zero-order valence-corrected chi connectivity index (χ0v) is 39.3. The van der Waals surface area contributed by atoms with Crippen LogP contribution >= 0.6 is 0 Å². The topological polar surface area (TPSA) is 48.5 Å². The molecule has 0 unspecified atom stereocenters. The monoisotopic (exact) mass is 881 g/mol. The summed E-state index contributed by atoms with van der Waals surface area (Å²) in [6.45, 7) is 14.0. The molecular formula is C63H44BN5. The van der Waals surface area contributed by atoms with Crippen molar-refractivity contribution >= 4 is 143 Å². The van der Waals surface area contributed by atoms with Crippen molar-refractivity contribution in [3.8, 4) is 11.4 Å². The molecule has 0 N–H and O–H groups in total. The van der Waals surface area contributed by atoms with Gasteiger partial charge < -0.3 is 9.13 Å². The van der Waals surface area contributed by atoms with Crippen LogP contribution in [0.1, 0.15) is 52.7 Å². The minimum absolute atomic E-state index is 0.0262. The van der Waals surface area contributed by atoms with E-state index in [9.17, 15) is 0 Å². The Morgan fingerprint density at radius 2 is 1.03 bits per heavy atom. The Morgan fingerprint density at radius 1 is 0.420 bits per heavy atom. The van der Waals surface area contributed by atoms with Crippen molar-refractivity contribution < 1.29 is 0 Å². The first-order valence-electron chi connectivity index (χ1n) is 24.4. The van der Waals surface area contributed by atoms with Crippen molar-refractivity contribution in [3.63, 3.8) is 0 Å². The molecule has 0 amide bonds. The molecule has 5 nitrogen and oxygen atoms in total. The van der Waals surface area contributed by atoms with Gasteiger partial charge >= 0.3 is 0 Å². The van der Waals surface area contributed by atoms with Gasteiger partial charge in [0.05, 0.1) is 33.3 Å². The lowest BCUT2D eigenvalue weighted by Gasteiger charge is -2.35. The number of para-hydroxylation sites is 1. The van der Waals surface area contributed by atoms with Gasteiger partial charge in [0, 0.05) is 72.2 Å². The summed E-state index contributed by atoms with van der Waals surface area (Å²) in [7, 11) is 0. The van der Waals surface area contributed by atoms with Crippen LogP contribution in [0.5, 0.6) is 0 Å². The third-order valence-electron chi connectivity index (χ3n) is 16.2. The maximum absolute atomic E-state index is 5.90. The molecule has 0 bridgehead atoms. The Bertz CT molecular complexity index is 4720. The van der Waals surface area contributed by atoms with Crippen molar-refractivity contribution in [1.82, 2.24) is 24.1 Å². The third-order valence-corrected chi connectivity index (χ3v) is 16.2. The summed E-state index contributed by atoms with van der Waals surface area (Å²) in [5.41, 5.74) is 17.3. The summed E-state index contributed by atoms with van der Waals surface area (Å²) in [6.07, 6.45) is 3.88. The van der Waals surface area contributed by atoms with Gasteiger partial charge in [-0.1, -0.05) is 151 Å². The molecule has 0 saturated heterocycles. The number of pyridine rings is 1. The Balaban J connectivity index is 1.16. The van der Waals surface area contributed by atoms with E-state index in [4.69, 9.17) is 9.97 Å². The van der Waals surface area contributed by atoms with Gasteiger partial charge in [0.1, 0.15) is 5.52 Å². The zero-order valence-electron chi connectivity index (χ0n) is 39.3. The van der Waals surface area contributed by atoms with Crippen LogP contribution in [0.25, 0.3) is 131 Å². The largest absolute Gasteiger partial charge is 0.310 e. The Kier molecular flexibility index (Phi) is 6.88. The number of aromatic nitrogens is 5. The summed E-state index contributed by atoms with van der Waals surface area (Å²) in [6, 6.07) is 55.2. The van der Waals surface area contributed by atoms with Crippen molar-refractivity contribution in [2.45, 2.75) is 52.4 Å². The van der Waals surface area contributed by atoms with E-state index in [-0.39, 0.29) is 17.5 Å². The predicted octanol–water partition coefficient (Wildman–Crippen LogP) is 13.9. The Morgan fingerprint density at radius 3 is 1.78 bits per heavy atom. The maximum Gasteiger partial charge on any atom is 0.252 e. The number of nitrogens with zero attached hydrogens (tertiary/aromatic N) is 5. The quantitative estimate of drug-likeness (QED) is 0.0866. The maximum atomic E-state index is 5.90. The van der Waals surface area contributed by atoms with Gasteiger partial charge in [0.25, 0.3) is 6.71 Å². The summed E-state index contributed by atoms with van der Waals surface area (Å²) in [5.74, 6) is 0. The molecule has 6 heterocycles. The van der Waals surface area contributed by atoms with Gasteiger partial charge in [-0.15, -0.1) is 0 Å². The lowest BCUT2D eigenvalue weighted by Crippen LogP contribution is -2.59. The molecule has 6 heteroatoms. The molecule has 0 aliphatic carbocycles. The molecule has 0 spiro atoms. The molecule has 0 fully saturated rings. The average molecular weight is 882 g/mol. The molecule has 2 aliphatic rings. The lowest BCUT2D eigenvalue weighted by atomic mass is 9.34. The average Bonchev–Trinajstić information content (AvgIpc) is 3.88. The number of hydrogen-bond donors (Lipinski definition) is 0. The van der Waals surface area contributed by atoms with E-state index < -0.39 is 0 Å². The molecular weight excluding hydrogens is 838 g/mol. The minimum Gasteiger partial charge on any atom is -0.310 e. The fourth-order valence-corrected chi connectivity index (χ4v) is 13.1. The first-order chi connectivity index (χ1) is 33.5. The second kappa shape index (κ2) is 12.5. The summed E-state index contributed by atoms with van der Waals surface area (Å²) in [5, 5.41) is 17.2. The van der Waals surface area contributed by atoms with Crippen LogP contribution in [0.3, 0.4) is 0 Å². The van der Waals surface area contributed by atoms with E-state index in [1.165, 1.54) is 109 Å². The molecule has 14 aromatic rings. The highest BCUT2D eigenvalue weighted by molar-refractivity contribution is 7.00.